The van der Waals surface area contributed by atoms with Gasteiger partial charge in [-0.2, -0.15) is 4.99 Å². The monoisotopic (exact) mass is 461 g/mol. The Kier molecular flexibility index (Phi) is 5.96. The van der Waals surface area contributed by atoms with E-state index in [1.807, 2.05) is 23.6 Å². The summed E-state index contributed by atoms with van der Waals surface area (Å²) in [5.41, 5.74) is 0.812. The average Bonchev–Trinajstić information content (AvgIpc) is 3.30. The SMILES string of the molecule is CCOCCn1c(=NC(=O)c2cc3cc([N+](=O)[O-])ccc3s2)sc2cccc(Cl)c21. The number of fused-ring (bicyclic) bond motifs is 2. The number of thiophene rings is 1. The number of nitro benzene ring substituents is 1. The first-order chi connectivity index (χ1) is 14.5. The molecule has 10 heteroatoms. The van der Waals surface area contributed by atoms with E-state index in [4.69, 9.17) is 16.3 Å². The number of aromatic nitrogens is 1. The molecule has 0 bridgehead atoms. The molecule has 4 rings (SSSR count). The van der Waals surface area contributed by atoms with Crippen molar-refractivity contribution < 1.29 is 14.5 Å². The first-order valence-corrected chi connectivity index (χ1v) is 11.1. The van der Waals surface area contributed by atoms with Gasteiger partial charge in [-0.1, -0.05) is 29.0 Å². The minimum atomic E-state index is -0.453. The van der Waals surface area contributed by atoms with E-state index in [-0.39, 0.29) is 5.69 Å². The van der Waals surface area contributed by atoms with Gasteiger partial charge in [-0.25, -0.2) is 0 Å². The minimum absolute atomic E-state index is 0.0100. The van der Waals surface area contributed by atoms with Crippen LogP contribution in [-0.2, 0) is 11.3 Å². The second-order valence-electron chi connectivity index (χ2n) is 6.33. The number of rotatable bonds is 6. The third kappa shape index (κ3) is 4.01. The van der Waals surface area contributed by atoms with Crippen LogP contribution in [0, 0.1) is 10.1 Å². The van der Waals surface area contributed by atoms with Crippen molar-refractivity contribution in [2.45, 2.75) is 13.5 Å². The van der Waals surface area contributed by atoms with Gasteiger partial charge in [-0.05, 0) is 31.2 Å². The van der Waals surface area contributed by atoms with E-state index in [1.54, 1.807) is 18.2 Å². The average molecular weight is 462 g/mol. The Hall–Kier alpha value is -2.59. The number of carbonyl (C=O) groups is 1. The maximum atomic E-state index is 12.9. The third-order valence-corrected chi connectivity index (χ3v) is 6.89. The number of nitro groups is 1. The molecule has 0 spiro atoms. The molecule has 0 unspecified atom stereocenters. The van der Waals surface area contributed by atoms with Crippen molar-refractivity contribution in [2.24, 2.45) is 4.99 Å². The van der Waals surface area contributed by atoms with Crippen LogP contribution in [0.4, 0.5) is 5.69 Å². The van der Waals surface area contributed by atoms with E-state index in [9.17, 15) is 14.9 Å². The molecule has 7 nitrogen and oxygen atoms in total. The molecule has 2 aromatic heterocycles. The predicted molar refractivity (Wildman–Crippen MR) is 120 cm³/mol. The second-order valence-corrected chi connectivity index (χ2v) is 8.83. The smallest absolute Gasteiger partial charge is 0.289 e. The van der Waals surface area contributed by atoms with Crippen molar-refractivity contribution in [3.63, 3.8) is 0 Å². The fraction of sp³-hybridized carbons (Fsp3) is 0.200. The van der Waals surface area contributed by atoms with E-state index in [0.29, 0.717) is 39.8 Å². The van der Waals surface area contributed by atoms with Crippen molar-refractivity contribution in [3.05, 3.63) is 67.3 Å². The van der Waals surface area contributed by atoms with Gasteiger partial charge in [0.05, 0.1) is 31.6 Å². The molecule has 2 heterocycles. The summed E-state index contributed by atoms with van der Waals surface area (Å²) in [4.78, 5) is 28.7. The summed E-state index contributed by atoms with van der Waals surface area (Å²) in [5, 5.41) is 12.2. The summed E-state index contributed by atoms with van der Waals surface area (Å²) in [6.07, 6.45) is 0. The van der Waals surface area contributed by atoms with E-state index < -0.39 is 10.8 Å². The number of non-ortho nitro benzene ring substituents is 1. The Bertz CT molecular complexity index is 1340. The Morgan fingerprint density at radius 1 is 1.23 bits per heavy atom. The normalized spacial score (nSPS) is 12.1. The summed E-state index contributed by atoms with van der Waals surface area (Å²) in [6.45, 7) is 3.50. The lowest BCUT2D eigenvalue weighted by molar-refractivity contribution is -0.384. The number of hydrogen-bond acceptors (Lipinski definition) is 6. The predicted octanol–water partition coefficient (Wildman–Crippen LogP) is 5.26. The highest BCUT2D eigenvalue weighted by atomic mass is 35.5. The highest BCUT2D eigenvalue weighted by Crippen LogP contribution is 2.30. The number of para-hydroxylation sites is 1. The topological polar surface area (TPSA) is 86.7 Å². The molecule has 0 aliphatic heterocycles. The number of benzene rings is 2. The zero-order valence-electron chi connectivity index (χ0n) is 15.8. The molecule has 154 valence electrons. The molecule has 0 radical (unpaired) electrons. The van der Waals surface area contributed by atoms with Gasteiger partial charge in [0, 0.05) is 35.4 Å². The van der Waals surface area contributed by atoms with Gasteiger partial charge in [0.2, 0.25) is 0 Å². The van der Waals surface area contributed by atoms with Crippen molar-refractivity contribution in [3.8, 4) is 0 Å². The number of ether oxygens (including phenoxy) is 1. The minimum Gasteiger partial charge on any atom is -0.380 e. The third-order valence-electron chi connectivity index (χ3n) is 4.43. The molecule has 0 saturated heterocycles. The highest BCUT2D eigenvalue weighted by Gasteiger charge is 2.15. The van der Waals surface area contributed by atoms with Crippen molar-refractivity contribution in [1.29, 1.82) is 0 Å². The number of nitrogens with zero attached hydrogens (tertiary/aromatic N) is 3. The van der Waals surface area contributed by atoms with E-state index >= 15 is 0 Å². The Morgan fingerprint density at radius 3 is 2.83 bits per heavy atom. The lowest BCUT2D eigenvalue weighted by Crippen LogP contribution is -2.19. The molecule has 1 amide bonds. The fourth-order valence-corrected chi connectivity index (χ4v) is 5.41. The number of amides is 1. The first kappa shape index (κ1) is 20.7. The molecule has 30 heavy (non-hydrogen) atoms. The molecular weight excluding hydrogens is 446 g/mol. The number of thiazole rings is 1. The largest absolute Gasteiger partial charge is 0.380 e. The van der Waals surface area contributed by atoms with Crippen LogP contribution in [-0.4, -0.2) is 28.6 Å². The van der Waals surface area contributed by atoms with Crippen LogP contribution >= 0.6 is 34.3 Å². The summed E-state index contributed by atoms with van der Waals surface area (Å²) < 4.78 is 9.09. The number of carbonyl (C=O) groups excluding carboxylic acids is 1. The van der Waals surface area contributed by atoms with Crippen LogP contribution in [0.1, 0.15) is 16.6 Å². The van der Waals surface area contributed by atoms with Gasteiger partial charge in [0.25, 0.3) is 11.6 Å². The van der Waals surface area contributed by atoms with Gasteiger partial charge in [0.15, 0.2) is 4.80 Å². The zero-order valence-corrected chi connectivity index (χ0v) is 18.2. The van der Waals surface area contributed by atoms with Crippen LogP contribution < -0.4 is 4.80 Å². The molecule has 0 saturated carbocycles. The zero-order chi connectivity index (χ0) is 21.3. The van der Waals surface area contributed by atoms with Crippen LogP contribution in [0.3, 0.4) is 0 Å². The summed E-state index contributed by atoms with van der Waals surface area (Å²) >= 11 is 9.05. The summed E-state index contributed by atoms with van der Waals surface area (Å²) in [7, 11) is 0. The molecular formula is C20H16ClN3O4S2. The molecule has 0 fully saturated rings. The van der Waals surface area contributed by atoms with E-state index in [0.717, 1.165) is 14.9 Å². The van der Waals surface area contributed by atoms with Crippen molar-refractivity contribution in [1.82, 2.24) is 4.57 Å². The van der Waals surface area contributed by atoms with Crippen LogP contribution in [0.2, 0.25) is 5.02 Å². The van der Waals surface area contributed by atoms with Gasteiger partial charge in [-0.15, -0.1) is 11.3 Å². The molecule has 0 N–H and O–H groups in total. The van der Waals surface area contributed by atoms with E-state index in [2.05, 4.69) is 4.99 Å². The van der Waals surface area contributed by atoms with Crippen LogP contribution in [0.5, 0.6) is 0 Å². The Labute approximate surface area is 184 Å². The number of halogens is 1. The van der Waals surface area contributed by atoms with Gasteiger partial charge >= 0.3 is 0 Å². The van der Waals surface area contributed by atoms with Crippen molar-refractivity contribution >= 4 is 66.2 Å². The maximum absolute atomic E-state index is 12.9. The van der Waals surface area contributed by atoms with Crippen LogP contribution in [0.25, 0.3) is 20.3 Å². The van der Waals surface area contributed by atoms with Gasteiger partial charge in [0.1, 0.15) is 0 Å². The quantitative estimate of drug-likeness (QED) is 0.223. The van der Waals surface area contributed by atoms with E-state index in [1.165, 1.54) is 34.8 Å². The Morgan fingerprint density at radius 2 is 2.07 bits per heavy atom. The van der Waals surface area contributed by atoms with Crippen LogP contribution in [0.15, 0.2) is 47.5 Å². The molecule has 0 aliphatic rings. The van der Waals surface area contributed by atoms with Crippen molar-refractivity contribution in [2.75, 3.05) is 13.2 Å². The first-order valence-electron chi connectivity index (χ1n) is 9.10. The van der Waals surface area contributed by atoms with Gasteiger partial charge in [-0.3, -0.25) is 14.9 Å². The molecule has 0 aliphatic carbocycles. The Balaban J connectivity index is 1.77. The molecule has 0 atom stereocenters. The summed E-state index contributed by atoms with van der Waals surface area (Å²) in [6, 6.07) is 11.8. The lowest BCUT2D eigenvalue weighted by atomic mass is 10.2. The lowest BCUT2D eigenvalue weighted by Gasteiger charge is -2.06. The number of hydrogen-bond donors (Lipinski definition) is 0. The van der Waals surface area contributed by atoms with Gasteiger partial charge < -0.3 is 9.30 Å². The summed E-state index contributed by atoms with van der Waals surface area (Å²) in [5.74, 6) is -0.397. The maximum Gasteiger partial charge on any atom is 0.289 e. The molecule has 2 aromatic carbocycles. The molecule has 4 aromatic rings. The second kappa shape index (κ2) is 8.65. The standard InChI is InChI=1S/C20H16ClN3O4S2/c1-2-28-9-8-23-18-14(21)4-3-5-16(18)30-20(23)22-19(25)17-11-12-10-13(24(26)27)6-7-15(12)29-17/h3-7,10-11H,2,8-9H2,1H3. The fourth-order valence-electron chi connectivity index (χ4n) is 3.07. The highest BCUT2D eigenvalue weighted by molar-refractivity contribution is 7.21.